The normalized spacial score (nSPS) is 13.6. The van der Waals surface area contributed by atoms with Gasteiger partial charge in [0.15, 0.2) is 6.10 Å². The minimum absolute atomic E-state index is 0.148. The van der Waals surface area contributed by atoms with Crippen LogP contribution < -0.4 is 5.32 Å². The maximum absolute atomic E-state index is 11.9. The smallest absolute Gasteiger partial charge is 0.253 e. The lowest BCUT2D eigenvalue weighted by molar-refractivity contribution is -0.130. The number of aliphatic hydroxyl groups excluding tert-OH is 1. The van der Waals surface area contributed by atoms with Gasteiger partial charge >= 0.3 is 0 Å². The van der Waals surface area contributed by atoms with Crippen molar-refractivity contribution in [3.05, 3.63) is 66.0 Å². The molecule has 2 N–H and O–H groups in total. The first-order valence-electron chi connectivity index (χ1n) is 6.12. The van der Waals surface area contributed by atoms with Crippen molar-refractivity contribution in [1.82, 2.24) is 10.3 Å². The summed E-state index contributed by atoms with van der Waals surface area (Å²) in [6.07, 6.45) is 1.92. The van der Waals surface area contributed by atoms with E-state index in [0.717, 1.165) is 5.56 Å². The second-order valence-electron chi connectivity index (χ2n) is 4.32. The molecule has 0 radical (unpaired) electrons. The van der Waals surface area contributed by atoms with Gasteiger partial charge < -0.3 is 10.4 Å². The Morgan fingerprint density at radius 2 is 1.74 bits per heavy atom. The summed E-state index contributed by atoms with van der Waals surface area (Å²) in [5.74, 6) is -0.414. The lowest BCUT2D eigenvalue weighted by Gasteiger charge is -2.17. The number of nitrogens with zero attached hydrogens (tertiary/aromatic N) is 1. The Morgan fingerprint density at radius 1 is 1.11 bits per heavy atom. The molecule has 1 aromatic heterocycles. The van der Waals surface area contributed by atoms with Crippen LogP contribution in [-0.2, 0) is 4.79 Å². The van der Waals surface area contributed by atoms with E-state index >= 15 is 0 Å². The average Bonchev–Trinajstić information content (AvgIpc) is 2.48. The summed E-state index contributed by atoms with van der Waals surface area (Å²) in [6, 6.07) is 12.7. The van der Waals surface area contributed by atoms with Gasteiger partial charge in [-0.3, -0.25) is 9.78 Å². The molecule has 1 unspecified atom stereocenters. The highest BCUT2D eigenvalue weighted by Crippen LogP contribution is 2.15. The Hall–Kier alpha value is -2.20. The standard InChI is InChI=1S/C15H16N2O2/c1-11(12-5-3-2-4-6-12)17-15(19)14(18)13-7-9-16-10-8-13/h2-11,14,18H,1H3,(H,17,19)/t11-,14?/m0/s1. The molecule has 1 amide bonds. The molecule has 2 atom stereocenters. The van der Waals surface area contributed by atoms with Gasteiger partial charge in [0.1, 0.15) is 0 Å². The highest BCUT2D eigenvalue weighted by atomic mass is 16.3. The maximum Gasteiger partial charge on any atom is 0.253 e. The van der Waals surface area contributed by atoms with Crippen molar-refractivity contribution in [1.29, 1.82) is 0 Å². The molecule has 0 aliphatic rings. The van der Waals surface area contributed by atoms with Crippen LogP contribution in [-0.4, -0.2) is 16.0 Å². The van der Waals surface area contributed by atoms with E-state index < -0.39 is 12.0 Å². The summed E-state index contributed by atoms with van der Waals surface area (Å²) in [6.45, 7) is 1.88. The number of pyridine rings is 1. The van der Waals surface area contributed by atoms with Crippen molar-refractivity contribution in [2.75, 3.05) is 0 Å². The van der Waals surface area contributed by atoms with Crippen molar-refractivity contribution in [3.8, 4) is 0 Å². The molecule has 98 valence electrons. The van der Waals surface area contributed by atoms with Crippen molar-refractivity contribution in [2.24, 2.45) is 0 Å². The highest BCUT2D eigenvalue weighted by molar-refractivity contribution is 5.82. The Balaban J connectivity index is 2.02. The first-order chi connectivity index (χ1) is 9.18. The molecule has 0 fully saturated rings. The van der Waals surface area contributed by atoms with E-state index in [1.165, 1.54) is 0 Å². The molecule has 2 rings (SSSR count). The lowest BCUT2D eigenvalue weighted by Crippen LogP contribution is -2.31. The fraction of sp³-hybridized carbons (Fsp3) is 0.200. The lowest BCUT2D eigenvalue weighted by atomic mass is 10.1. The Labute approximate surface area is 112 Å². The highest BCUT2D eigenvalue weighted by Gasteiger charge is 2.19. The van der Waals surface area contributed by atoms with Gasteiger partial charge in [-0.25, -0.2) is 0 Å². The van der Waals surface area contributed by atoms with Crippen LogP contribution in [0.3, 0.4) is 0 Å². The van der Waals surface area contributed by atoms with Crippen LogP contribution in [0.25, 0.3) is 0 Å². The van der Waals surface area contributed by atoms with Crippen molar-refractivity contribution in [2.45, 2.75) is 19.1 Å². The van der Waals surface area contributed by atoms with E-state index in [2.05, 4.69) is 10.3 Å². The van der Waals surface area contributed by atoms with Crippen molar-refractivity contribution in [3.63, 3.8) is 0 Å². The second-order valence-corrected chi connectivity index (χ2v) is 4.32. The van der Waals surface area contributed by atoms with Crippen LogP contribution in [0.5, 0.6) is 0 Å². The summed E-state index contributed by atoms with van der Waals surface area (Å²) in [5, 5.41) is 12.7. The van der Waals surface area contributed by atoms with E-state index in [1.54, 1.807) is 24.5 Å². The zero-order chi connectivity index (χ0) is 13.7. The molecule has 0 aliphatic carbocycles. The van der Waals surface area contributed by atoms with Crippen LogP contribution in [0, 0.1) is 0 Å². The van der Waals surface area contributed by atoms with Crippen molar-refractivity contribution >= 4 is 5.91 Å². The molecular formula is C15H16N2O2. The molecule has 1 aromatic carbocycles. The molecule has 0 aliphatic heterocycles. The third-order valence-electron chi connectivity index (χ3n) is 2.93. The van der Waals surface area contributed by atoms with Gasteiger partial charge in [-0.1, -0.05) is 30.3 Å². The molecule has 2 aromatic rings. The molecule has 4 nitrogen and oxygen atoms in total. The molecule has 4 heteroatoms. The number of hydrogen-bond donors (Lipinski definition) is 2. The van der Waals surface area contributed by atoms with E-state index in [4.69, 9.17) is 0 Å². The number of aliphatic hydroxyl groups is 1. The molecule has 1 heterocycles. The summed E-state index contributed by atoms with van der Waals surface area (Å²) in [7, 11) is 0. The Bertz CT molecular complexity index is 528. The molecule has 0 bridgehead atoms. The van der Waals surface area contributed by atoms with Crippen molar-refractivity contribution < 1.29 is 9.90 Å². The van der Waals surface area contributed by atoms with Gasteiger partial charge in [0.05, 0.1) is 6.04 Å². The zero-order valence-corrected chi connectivity index (χ0v) is 10.7. The number of carbonyl (C=O) groups excluding carboxylic acids is 1. The van der Waals surface area contributed by atoms with Gasteiger partial charge in [-0.15, -0.1) is 0 Å². The van der Waals surface area contributed by atoms with E-state index in [0.29, 0.717) is 5.56 Å². The van der Waals surface area contributed by atoms with E-state index in [9.17, 15) is 9.90 Å². The second kappa shape index (κ2) is 6.11. The van der Waals surface area contributed by atoms with Gasteiger partial charge in [-0.05, 0) is 30.2 Å². The molecule has 0 spiro atoms. The maximum atomic E-state index is 11.9. The van der Waals surface area contributed by atoms with Gasteiger partial charge in [-0.2, -0.15) is 0 Å². The largest absolute Gasteiger partial charge is 0.378 e. The molecule has 0 saturated heterocycles. The SMILES string of the molecule is C[C@H](NC(=O)C(O)c1ccncc1)c1ccccc1. The van der Waals surface area contributed by atoms with E-state index in [1.807, 2.05) is 37.3 Å². The number of benzene rings is 1. The Kier molecular flexibility index (Phi) is 4.26. The first-order valence-corrected chi connectivity index (χ1v) is 6.12. The fourth-order valence-electron chi connectivity index (χ4n) is 1.81. The summed E-state index contributed by atoms with van der Waals surface area (Å²) < 4.78 is 0. The Morgan fingerprint density at radius 3 is 2.37 bits per heavy atom. The topological polar surface area (TPSA) is 62.2 Å². The molecule has 19 heavy (non-hydrogen) atoms. The number of carbonyl (C=O) groups is 1. The van der Waals surface area contributed by atoms with Crippen LogP contribution in [0.1, 0.15) is 30.2 Å². The summed E-state index contributed by atoms with van der Waals surface area (Å²) in [5.41, 5.74) is 1.53. The minimum atomic E-state index is -1.17. The van der Waals surface area contributed by atoms with Crippen LogP contribution in [0.2, 0.25) is 0 Å². The number of aromatic nitrogens is 1. The minimum Gasteiger partial charge on any atom is -0.378 e. The third-order valence-corrected chi connectivity index (χ3v) is 2.93. The van der Waals surface area contributed by atoms with E-state index in [-0.39, 0.29) is 6.04 Å². The van der Waals surface area contributed by atoms with Gasteiger partial charge in [0.2, 0.25) is 0 Å². The predicted octanol–water partition coefficient (Wildman–Crippen LogP) is 1.99. The fourth-order valence-corrected chi connectivity index (χ4v) is 1.81. The van der Waals surface area contributed by atoms with Gasteiger partial charge in [0, 0.05) is 12.4 Å². The monoisotopic (exact) mass is 256 g/mol. The van der Waals surface area contributed by atoms with Crippen LogP contribution in [0.15, 0.2) is 54.9 Å². The number of amides is 1. The van der Waals surface area contributed by atoms with Crippen LogP contribution >= 0.6 is 0 Å². The number of hydrogen-bond acceptors (Lipinski definition) is 3. The molecule has 0 saturated carbocycles. The van der Waals surface area contributed by atoms with Gasteiger partial charge in [0.25, 0.3) is 5.91 Å². The average molecular weight is 256 g/mol. The third kappa shape index (κ3) is 3.39. The summed E-state index contributed by atoms with van der Waals surface area (Å²) >= 11 is 0. The number of nitrogens with one attached hydrogen (secondary N) is 1. The number of rotatable bonds is 4. The zero-order valence-electron chi connectivity index (χ0n) is 10.7. The molecular weight excluding hydrogens is 240 g/mol. The summed E-state index contributed by atoms with van der Waals surface area (Å²) in [4.78, 5) is 15.8. The quantitative estimate of drug-likeness (QED) is 0.879. The predicted molar refractivity (Wildman–Crippen MR) is 72.2 cm³/mol. The first kappa shape index (κ1) is 13.2. The van der Waals surface area contributed by atoms with Crippen LogP contribution in [0.4, 0.5) is 0 Å².